The fourth-order valence-electron chi connectivity index (χ4n) is 3.49. The highest BCUT2D eigenvalue weighted by Crippen LogP contribution is 2.19. The van der Waals surface area contributed by atoms with Crippen molar-refractivity contribution in [3.05, 3.63) is 66.4 Å². The molecule has 0 unspecified atom stereocenters. The van der Waals surface area contributed by atoms with Gasteiger partial charge in [0.25, 0.3) is 5.91 Å². The minimum absolute atomic E-state index is 0.0522. The van der Waals surface area contributed by atoms with Crippen molar-refractivity contribution in [2.75, 3.05) is 37.7 Å². The van der Waals surface area contributed by atoms with Crippen LogP contribution in [0.4, 0.5) is 5.82 Å². The molecule has 1 fully saturated rings. The van der Waals surface area contributed by atoms with Gasteiger partial charge in [-0.1, -0.05) is 19.4 Å². The van der Waals surface area contributed by atoms with Crippen molar-refractivity contribution in [3.8, 4) is 17.1 Å². The first kappa shape index (κ1) is 20.8. The molecule has 0 saturated carbocycles. The van der Waals surface area contributed by atoms with Crippen molar-refractivity contribution in [3.63, 3.8) is 0 Å². The van der Waals surface area contributed by atoms with Gasteiger partial charge in [-0.25, -0.2) is 0 Å². The summed E-state index contributed by atoms with van der Waals surface area (Å²) in [6.07, 6.45) is 3.87. The Morgan fingerprint density at radius 3 is 2.39 bits per heavy atom. The Bertz CT molecular complexity index is 969. The Kier molecular flexibility index (Phi) is 6.72. The minimum atomic E-state index is 0.0522. The van der Waals surface area contributed by atoms with Crippen LogP contribution in [0.3, 0.4) is 0 Å². The van der Waals surface area contributed by atoms with Crippen LogP contribution in [0.25, 0.3) is 11.4 Å². The molecule has 1 aliphatic rings. The lowest BCUT2D eigenvalue weighted by atomic mass is 10.1. The molecule has 3 aromatic rings. The quantitative estimate of drug-likeness (QED) is 0.546. The van der Waals surface area contributed by atoms with E-state index in [9.17, 15) is 4.79 Å². The summed E-state index contributed by atoms with van der Waals surface area (Å²) in [5.41, 5.74) is 2.25. The SMILES string of the molecule is CCCCOc1ccc(C(=O)N2CCN(c3ccc(-c4ccccn4)nn3)CC2)cc1. The molecule has 31 heavy (non-hydrogen) atoms. The van der Waals surface area contributed by atoms with E-state index in [0.29, 0.717) is 25.3 Å². The zero-order valence-electron chi connectivity index (χ0n) is 17.8. The Morgan fingerprint density at radius 1 is 0.935 bits per heavy atom. The summed E-state index contributed by atoms with van der Waals surface area (Å²) < 4.78 is 5.68. The van der Waals surface area contributed by atoms with Gasteiger partial charge in [0, 0.05) is 37.9 Å². The number of benzene rings is 1. The highest BCUT2D eigenvalue weighted by Gasteiger charge is 2.23. The third-order valence-corrected chi connectivity index (χ3v) is 5.34. The number of ether oxygens (including phenoxy) is 1. The Hall–Kier alpha value is -3.48. The fraction of sp³-hybridized carbons (Fsp3) is 0.333. The van der Waals surface area contributed by atoms with Gasteiger partial charge in [0.1, 0.15) is 11.4 Å². The lowest BCUT2D eigenvalue weighted by Crippen LogP contribution is -2.49. The number of carbonyl (C=O) groups is 1. The second kappa shape index (κ2) is 10.0. The van der Waals surface area contributed by atoms with Crippen LogP contribution in [-0.2, 0) is 0 Å². The van der Waals surface area contributed by atoms with Crippen LogP contribution in [0.1, 0.15) is 30.1 Å². The molecule has 1 saturated heterocycles. The summed E-state index contributed by atoms with van der Waals surface area (Å²) in [5.74, 6) is 1.68. The van der Waals surface area contributed by atoms with Crippen LogP contribution in [-0.4, -0.2) is 58.8 Å². The summed E-state index contributed by atoms with van der Waals surface area (Å²) in [6.45, 7) is 5.59. The second-order valence-electron chi connectivity index (χ2n) is 7.50. The molecule has 0 bridgehead atoms. The van der Waals surface area contributed by atoms with Crippen molar-refractivity contribution >= 4 is 11.7 Å². The van der Waals surface area contributed by atoms with E-state index in [1.54, 1.807) is 6.20 Å². The van der Waals surface area contributed by atoms with Crippen LogP contribution in [0.5, 0.6) is 5.75 Å². The standard InChI is InChI=1S/C24H27N5O2/c1-2-3-18-31-20-9-7-19(8-10-20)24(30)29-16-14-28(15-17-29)23-12-11-22(26-27-23)21-6-4-5-13-25-21/h4-13H,2-3,14-18H2,1H3. The van der Waals surface area contributed by atoms with Crippen LogP contribution >= 0.6 is 0 Å². The summed E-state index contributed by atoms with van der Waals surface area (Å²) >= 11 is 0. The van der Waals surface area contributed by atoms with E-state index < -0.39 is 0 Å². The lowest BCUT2D eigenvalue weighted by Gasteiger charge is -2.35. The smallest absolute Gasteiger partial charge is 0.253 e. The normalized spacial score (nSPS) is 13.8. The van der Waals surface area contributed by atoms with Crippen LogP contribution in [0.2, 0.25) is 0 Å². The van der Waals surface area contributed by atoms with E-state index in [-0.39, 0.29) is 5.91 Å². The predicted molar refractivity (Wildman–Crippen MR) is 120 cm³/mol. The molecule has 1 aromatic carbocycles. The largest absolute Gasteiger partial charge is 0.494 e. The van der Waals surface area contributed by atoms with Crippen molar-refractivity contribution in [1.82, 2.24) is 20.1 Å². The van der Waals surface area contributed by atoms with Gasteiger partial charge in [0.05, 0.1) is 12.3 Å². The van der Waals surface area contributed by atoms with E-state index in [0.717, 1.165) is 48.9 Å². The van der Waals surface area contributed by atoms with Crippen molar-refractivity contribution in [1.29, 1.82) is 0 Å². The summed E-state index contributed by atoms with van der Waals surface area (Å²) in [5, 5.41) is 8.68. The maximum absolute atomic E-state index is 12.8. The molecule has 1 amide bonds. The zero-order valence-corrected chi connectivity index (χ0v) is 17.8. The molecule has 0 radical (unpaired) electrons. The molecule has 160 valence electrons. The first-order valence-corrected chi connectivity index (χ1v) is 10.8. The molecule has 0 atom stereocenters. The highest BCUT2D eigenvalue weighted by molar-refractivity contribution is 5.94. The summed E-state index contributed by atoms with van der Waals surface area (Å²) in [4.78, 5) is 21.2. The van der Waals surface area contributed by atoms with Crippen molar-refractivity contribution in [2.24, 2.45) is 0 Å². The van der Waals surface area contributed by atoms with Crippen molar-refractivity contribution in [2.45, 2.75) is 19.8 Å². The van der Waals surface area contributed by atoms with Gasteiger partial charge in [-0.05, 0) is 55.0 Å². The van der Waals surface area contributed by atoms with Crippen LogP contribution < -0.4 is 9.64 Å². The third kappa shape index (κ3) is 5.17. The zero-order chi connectivity index (χ0) is 21.5. The molecular formula is C24H27N5O2. The molecule has 4 rings (SSSR count). The number of carbonyl (C=O) groups excluding carboxylic acids is 1. The van der Waals surface area contributed by atoms with E-state index in [4.69, 9.17) is 4.74 Å². The maximum atomic E-state index is 12.8. The molecule has 1 aliphatic heterocycles. The molecule has 7 heteroatoms. The van der Waals surface area contributed by atoms with E-state index in [1.807, 2.05) is 59.5 Å². The maximum Gasteiger partial charge on any atom is 0.253 e. The number of piperazine rings is 1. The van der Waals surface area contributed by atoms with Gasteiger partial charge in [0.2, 0.25) is 0 Å². The molecule has 3 heterocycles. The molecule has 0 N–H and O–H groups in total. The Morgan fingerprint density at radius 2 is 1.74 bits per heavy atom. The topological polar surface area (TPSA) is 71.5 Å². The average molecular weight is 418 g/mol. The average Bonchev–Trinajstić information content (AvgIpc) is 2.85. The number of nitrogens with zero attached hydrogens (tertiary/aromatic N) is 5. The number of anilines is 1. The fourth-order valence-corrected chi connectivity index (χ4v) is 3.49. The van der Waals surface area contributed by atoms with E-state index in [1.165, 1.54) is 0 Å². The van der Waals surface area contributed by atoms with Crippen LogP contribution in [0, 0.1) is 0 Å². The molecule has 7 nitrogen and oxygen atoms in total. The van der Waals surface area contributed by atoms with Gasteiger partial charge in [-0.3, -0.25) is 9.78 Å². The number of aromatic nitrogens is 3. The number of hydrogen-bond acceptors (Lipinski definition) is 6. The van der Waals surface area contributed by atoms with Gasteiger partial charge in [-0.2, -0.15) is 0 Å². The van der Waals surface area contributed by atoms with Gasteiger partial charge in [-0.15, -0.1) is 10.2 Å². The number of rotatable bonds is 7. The monoisotopic (exact) mass is 417 g/mol. The first-order chi connectivity index (χ1) is 15.2. The number of hydrogen-bond donors (Lipinski definition) is 0. The summed E-state index contributed by atoms with van der Waals surface area (Å²) in [7, 11) is 0. The highest BCUT2D eigenvalue weighted by atomic mass is 16.5. The Labute approximate surface area is 182 Å². The molecule has 0 spiro atoms. The number of pyridine rings is 1. The molecule has 2 aromatic heterocycles. The lowest BCUT2D eigenvalue weighted by molar-refractivity contribution is 0.0746. The number of unbranched alkanes of at least 4 members (excludes halogenated alkanes) is 1. The number of amides is 1. The van der Waals surface area contributed by atoms with E-state index in [2.05, 4.69) is 27.0 Å². The van der Waals surface area contributed by atoms with Crippen molar-refractivity contribution < 1.29 is 9.53 Å². The molecule has 0 aliphatic carbocycles. The summed E-state index contributed by atoms with van der Waals surface area (Å²) in [6, 6.07) is 17.1. The minimum Gasteiger partial charge on any atom is -0.494 e. The second-order valence-corrected chi connectivity index (χ2v) is 7.50. The predicted octanol–water partition coefficient (Wildman–Crippen LogP) is 3.68. The van der Waals surface area contributed by atoms with Gasteiger partial charge >= 0.3 is 0 Å². The Balaban J connectivity index is 1.31. The van der Waals surface area contributed by atoms with Gasteiger partial charge < -0.3 is 14.5 Å². The van der Waals surface area contributed by atoms with Gasteiger partial charge in [0.15, 0.2) is 5.82 Å². The third-order valence-electron chi connectivity index (χ3n) is 5.34. The van der Waals surface area contributed by atoms with E-state index >= 15 is 0 Å². The van der Waals surface area contributed by atoms with Crippen LogP contribution in [0.15, 0.2) is 60.8 Å². The molecular weight excluding hydrogens is 390 g/mol. The first-order valence-electron chi connectivity index (χ1n) is 10.8.